The van der Waals surface area contributed by atoms with Gasteiger partial charge in [-0.3, -0.25) is 9.36 Å². The number of amides is 1. The average Bonchev–Trinajstić information content (AvgIpc) is 3.01. The van der Waals surface area contributed by atoms with Crippen LogP contribution in [-0.2, 0) is 21.4 Å². The molecule has 3 atom stereocenters. The van der Waals surface area contributed by atoms with Crippen molar-refractivity contribution in [1.82, 2.24) is 13.8 Å². The Morgan fingerprint density at radius 2 is 1.81 bits per heavy atom. The summed E-state index contributed by atoms with van der Waals surface area (Å²) in [6, 6.07) is 4.47. The molecule has 0 radical (unpaired) electrons. The highest BCUT2D eigenvalue weighted by Gasteiger charge is 2.32. The maximum absolute atomic E-state index is 13.2. The summed E-state index contributed by atoms with van der Waals surface area (Å²) in [5, 5.41) is 0. The van der Waals surface area contributed by atoms with E-state index in [1.54, 1.807) is 11.0 Å². The number of likely N-dealkylation sites (tertiary alicyclic amines) is 1. The molecule has 3 unspecified atom stereocenters. The van der Waals surface area contributed by atoms with Crippen LogP contribution in [0.5, 0.6) is 0 Å². The molecule has 2 aliphatic rings. The number of nitrogens with zero attached hydrogens (tertiary/aromatic N) is 3. The first-order valence-electron chi connectivity index (χ1n) is 11.1. The van der Waals surface area contributed by atoms with Gasteiger partial charge in [-0.15, -0.1) is 0 Å². The zero-order valence-corrected chi connectivity index (χ0v) is 19.2. The molecule has 0 bridgehead atoms. The molecule has 0 spiro atoms. The van der Waals surface area contributed by atoms with Gasteiger partial charge in [0.15, 0.2) is 5.58 Å². The highest BCUT2D eigenvalue weighted by molar-refractivity contribution is 7.89. The maximum Gasteiger partial charge on any atom is 0.420 e. The Hall–Kier alpha value is -2.13. The van der Waals surface area contributed by atoms with E-state index in [1.165, 1.54) is 21.0 Å². The highest BCUT2D eigenvalue weighted by Crippen LogP contribution is 2.28. The van der Waals surface area contributed by atoms with Crippen molar-refractivity contribution in [3.05, 3.63) is 28.7 Å². The minimum Gasteiger partial charge on any atom is -0.408 e. The number of fused-ring (bicyclic) bond motifs is 1. The van der Waals surface area contributed by atoms with Gasteiger partial charge in [0.25, 0.3) is 0 Å². The lowest BCUT2D eigenvalue weighted by Gasteiger charge is -2.34. The molecule has 2 aliphatic heterocycles. The van der Waals surface area contributed by atoms with Crippen LogP contribution in [0.25, 0.3) is 11.1 Å². The van der Waals surface area contributed by atoms with Crippen LogP contribution in [0.3, 0.4) is 0 Å². The summed E-state index contributed by atoms with van der Waals surface area (Å²) in [7, 11) is -3.68. The van der Waals surface area contributed by atoms with E-state index in [2.05, 4.69) is 20.8 Å². The lowest BCUT2D eigenvalue weighted by atomic mass is 9.94. The van der Waals surface area contributed by atoms with Gasteiger partial charge in [0.05, 0.1) is 10.4 Å². The second kappa shape index (κ2) is 8.43. The van der Waals surface area contributed by atoms with Gasteiger partial charge < -0.3 is 9.32 Å². The number of piperidine rings is 2. The van der Waals surface area contributed by atoms with E-state index >= 15 is 0 Å². The van der Waals surface area contributed by atoms with Crippen molar-refractivity contribution in [2.75, 3.05) is 26.2 Å². The zero-order chi connectivity index (χ0) is 22.3. The summed E-state index contributed by atoms with van der Waals surface area (Å²) in [5.41, 5.74) is 0.617. The highest BCUT2D eigenvalue weighted by atomic mass is 32.2. The van der Waals surface area contributed by atoms with Gasteiger partial charge in [-0.05, 0) is 49.1 Å². The molecular formula is C22H31N3O5S. The van der Waals surface area contributed by atoms with Gasteiger partial charge in [-0.25, -0.2) is 13.2 Å². The van der Waals surface area contributed by atoms with Gasteiger partial charge in [-0.1, -0.05) is 20.8 Å². The van der Waals surface area contributed by atoms with Crippen molar-refractivity contribution < 1.29 is 17.6 Å². The molecule has 0 saturated carbocycles. The smallest absolute Gasteiger partial charge is 0.408 e. The molecule has 1 aromatic heterocycles. The number of carbonyl (C=O) groups excluding carboxylic acids is 1. The maximum atomic E-state index is 13.2. The van der Waals surface area contributed by atoms with Gasteiger partial charge >= 0.3 is 5.76 Å². The summed E-state index contributed by atoms with van der Waals surface area (Å²) in [6.07, 6.45) is 3.07. The fourth-order valence-electron chi connectivity index (χ4n) is 4.96. The molecule has 170 valence electrons. The van der Waals surface area contributed by atoms with E-state index in [0.29, 0.717) is 49.4 Å². The van der Waals surface area contributed by atoms with Crippen molar-refractivity contribution in [1.29, 1.82) is 0 Å². The van der Waals surface area contributed by atoms with Crippen LogP contribution in [0.2, 0.25) is 0 Å². The molecule has 1 amide bonds. The van der Waals surface area contributed by atoms with Crippen molar-refractivity contribution in [2.45, 2.75) is 51.5 Å². The second-order valence-electron chi connectivity index (χ2n) is 9.44. The largest absolute Gasteiger partial charge is 0.420 e. The standard InChI is InChI=1S/C22H31N3O5S/c1-15-5-4-8-23(11-15)21(26)14-25-19-7-6-18(10-20(19)30-22(25)27)31(28,29)24-12-16(2)9-17(3)13-24/h6-7,10,15-17H,4-5,8-9,11-14H2,1-3H3. The summed E-state index contributed by atoms with van der Waals surface area (Å²) in [4.78, 5) is 27.1. The van der Waals surface area contributed by atoms with Crippen molar-refractivity contribution in [3.63, 3.8) is 0 Å². The van der Waals surface area contributed by atoms with Crippen molar-refractivity contribution >= 4 is 27.0 Å². The van der Waals surface area contributed by atoms with E-state index in [0.717, 1.165) is 19.3 Å². The topological polar surface area (TPSA) is 92.8 Å². The van der Waals surface area contributed by atoms with Crippen LogP contribution in [0.4, 0.5) is 0 Å². The van der Waals surface area contributed by atoms with Crippen molar-refractivity contribution in [3.8, 4) is 0 Å². The Morgan fingerprint density at radius 3 is 2.48 bits per heavy atom. The molecule has 0 N–H and O–H groups in total. The molecule has 2 aromatic rings. The number of aromatic nitrogens is 1. The molecule has 4 rings (SSSR count). The quantitative estimate of drug-likeness (QED) is 0.715. The van der Waals surface area contributed by atoms with E-state index < -0.39 is 15.8 Å². The fourth-order valence-corrected chi connectivity index (χ4v) is 6.65. The van der Waals surface area contributed by atoms with Gasteiger partial charge in [0.2, 0.25) is 15.9 Å². The van der Waals surface area contributed by atoms with Crippen LogP contribution in [-0.4, -0.2) is 54.3 Å². The Bertz CT molecular complexity index is 1130. The van der Waals surface area contributed by atoms with Crippen LogP contribution in [0.15, 0.2) is 32.3 Å². The second-order valence-corrected chi connectivity index (χ2v) is 11.4. The monoisotopic (exact) mass is 449 g/mol. The molecule has 31 heavy (non-hydrogen) atoms. The molecular weight excluding hydrogens is 418 g/mol. The summed E-state index contributed by atoms with van der Waals surface area (Å²) < 4.78 is 34.5. The van der Waals surface area contributed by atoms with E-state index in [1.807, 2.05) is 0 Å². The summed E-state index contributed by atoms with van der Waals surface area (Å²) in [5.74, 6) is 0.269. The Morgan fingerprint density at radius 1 is 1.10 bits per heavy atom. The summed E-state index contributed by atoms with van der Waals surface area (Å²) >= 11 is 0. The molecule has 0 aliphatic carbocycles. The van der Waals surface area contributed by atoms with E-state index in [4.69, 9.17) is 4.42 Å². The third-order valence-corrected chi connectivity index (χ3v) is 8.24. The molecule has 2 saturated heterocycles. The Labute approximate surface area is 182 Å². The van der Waals surface area contributed by atoms with Gasteiger partial charge in [0.1, 0.15) is 6.54 Å². The minimum absolute atomic E-state index is 0.105. The lowest BCUT2D eigenvalue weighted by molar-refractivity contribution is -0.133. The van der Waals surface area contributed by atoms with Crippen LogP contribution in [0.1, 0.15) is 40.0 Å². The molecule has 2 fully saturated rings. The van der Waals surface area contributed by atoms with E-state index in [-0.39, 0.29) is 22.9 Å². The zero-order valence-electron chi connectivity index (χ0n) is 18.4. The minimum atomic E-state index is -3.68. The molecule has 3 heterocycles. The predicted molar refractivity (Wildman–Crippen MR) is 117 cm³/mol. The van der Waals surface area contributed by atoms with E-state index in [9.17, 15) is 18.0 Å². The van der Waals surface area contributed by atoms with Crippen LogP contribution in [0, 0.1) is 17.8 Å². The third-order valence-electron chi connectivity index (χ3n) is 6.42. The third kappa shape index (κ3) is 4.43. The Balaban J connectivity index is 1.60. The lowest BCUT2D eigenvalue weighted by Crippen LogP contribution is -2.42. The van der Waals surface area contributed by atoms with Crippen LogP contribution >= 0.6 is 0 Å². The van der Waals surface area contributed by atoms with Gasteiger partial charge in [-0.2, -0.15) is 4.31 Å². The normalized spacial score (nSPS) is 25.8. The number of hydrogen-bond donors (Lipinski definition) is 0. The van der Waals surface area contributed by atoms with Crippen LogP contribution < -0.4 is 5.76 Å². The number of oxazole rings is 1. The van der Waals surface area contributed by atoms with Crippen molar-refractivity contribution in [2.24, 2.45) is 17.8 Å². The first-order chi connectivity index (χ1) is 14.6. The number of sulfonamides is 1. The SMILES string of the molecule is CC1CCCN(C(=O)Cn2c(=O)oc3cc(S(=O)(=O)N4CC(C)CC(C)C4)ccc32)C1. The number of carbonyl (C=O) groups is 1. The molecule has 9 heteroatoms. The molecule has 1 aromatic carbocycles. The first kappa shape index (κ1) is 22.1. The number of benzene rings is 1. The Kier molecular flexibility index (Phi) is 6.00. The number of rotatable bonds is 4. The molecule has 8 nitrogen and oxygen atoms in total. The number of hydrogen-bond acceptors (Lipinski definition) is 5. The van der Waals surface area contributed by atoms with Gasteiger partial charge in [0, 0.05) is 32.2 Å². The fraction of sp³-hybridized carbons (Fsp3) is 0.636. The first-order valence-corrected chi connectivity index (χ1v) is 12.5. The average molecular weight is 450 g/mol. The summed E-state index contributed by atoms with van der Waals surface area (Å²) in [6.45, 7) is 8.48. The predicted octanol–water partition coefficient (Wildman–Crippen LogP) is 2.52.